The summed E-state index contributed by atoms with van der Waals surface area (Å²) in [6.45, 7) is 0.842. The number of carbonyl (C=O) groups is 2. The van der Waals surface area contributed by atoms with Crippen molar-refractivity contribution in [2.45, 2.75) is 0 Å². The molecule has 1 rings (SSSR count). The molecule has 17 heavy (non-hydrogen) atoms. The molecule has 0 aliphatic rings. The first-order valence-electron chi connectivity index (χ1n) is 4.98. The maximum Gasteiger partial charge on any atom is 0.316 e. The van der Waals surface area contributed by atoms with Crippen LogP contribution >= 0.6 is 33.9 Å². The van der Waals surface area contributed by atoms with E-state index in [9.17, 15) is 9.59 Å². The van der Waals surface area contributed by atoms with Crippen molar-refractivity contribution in [2.24, 2.45) is 0 Å². The minimum Gasteiger partial charge on any atom is -0.350 e. The summed E-state index contributed by atoms with van der Waals surface area (Å²) >= 11 is 3.70. The van der Waals surface area contributed by atoms with Crippen LogP contribution in [0.3, 0.4) is 0 Å². The van der Waals surface area contributed by atoms with Crippen LogP contribution in [0.2, 0.25) is 0 Å². The smallest absolute Gasteiger partial charge is 0.316 e. The van der Waals surface area contributed by atoms with Crippen molar-refractivity contribution in [1.29, 1.82) is 0 Å². The zero-order valence-corrected chi connectivity index (χ0v) is 12.6. The summed E-state index contributed by atoms with van der Waals surface area (Å²) in [6, 6.07) is 1.67. The van der Waals surface area contributed by atoms with Gasteiger partial charge in [0, 0.05) is 32.6 Å². The van der Waals surface area contributed by atoms with Crippen LogP contribution in [0.4, 0.5) is 4.79 Å². The van der Waals surface area contributed by atoms with Gasteiger partial charge < -0.3 is 15.5 Å². The monoisotopic (exact) mass is 367 g/mol. The topological polar surface area (TPSA) is 61.4 Å². The predicted octanol–water partition coefficient (Wildman–Crippen LogP) is 1.35. The van der Waals surface area contributed by atoms with E-state index in [0.29, 0.717) is 18.7 Å². The third kappa shape index (κ3) is 4.90. The van der Waals surface area contributed by atoms with Crippen LogP contribution in [-0.2, 0) is 0 Å². The van der Waals surface area contributed by atoms with Crippen molar-refractivity contribution < 1.29 is 9.59 Å². The number of nitrogens with zero attached hydrogens (tertiary/aromatic N) is 1. The first-order chi connectivity index (χ1) is 8.00. The molecule has 0 aliphatic carbocycles. The van der Waals surface area contributed by atoms with Gasteiger partial charge in [-0.3, -0.25) is 4.79 Å². The second-order valence-corrected chi connectivity index (χ2v) is 6.33. The molecule has 7 heteroatoms. The van der Waals surface area contributed by atoms with E-state index >= 15 is 0 Å². The van der Waals surface area contributed by atoms with Crippen molar-refractivity contribution in [3.05, 3.63) is 19.9 Å². The van der Waals surface area contributed by atoms with E-state index < -0.39 is 0 Å². The lowest BCUT2D eigenvalue weighted by Crippen LogP contribution is -2.39. The quantitative estimate of drug-likeness (QED) is 0.624. The Labute approximate surface area is 118 Å². The summed E-state index contributed by atoms with van der Waals surface area (Å²) in [5, 5.41) is 7.22. The zero-order valence-electron chi connectivity index (χ0n) is 9.62. The van der Waals surface area contributed by atoms with Crippen molar-refractivity contribution in [2.75, 3.05) is 27.2 Å². The van der Waals surface area contributed by atoms with E-state index in [4.69, 9.17) is 0 Å². The van der Waals surface area contributed by atoms with Crippen molar-refractivity contribution in [1.82, 2.24) is 15.5 Å². The van der Waals surface area contributed by atoms with Gasteiger partial charge in [0.1, 0.15) is 0 Å². The Morgan fingerprint density at radius 3 is 2.53 bits per heavy atom. The standard InChI is InChI=1S/C10H14IN3O2S/c1-14(2)10(16)13-4-3-12-9(15)7-5-8(11)17-6-7/h5-6H,3-4H2,1-2H3,(H,12,15)(H,13,16). The van der Waals surface area contributed by atoms with Gasteiger partial charge in [0.2, 0.25) is 0 Å². The molecule has 0 aromatic carbocycles. The molecule has 0 spiro atoms. The normalized spacial score (nSPS) is 9.82. The molecule has 0 bridgehead atoms. The van der Waals surface area contributed by atoms with Gasteiger partial charge in [-0.1, -0.05) is 0 Å². The minimum atomic E-state index is -0.163. The second-order valence-electron chi connectivity index (χ2n) is 3.52. The van der Waals surface area contributed by atoms with Gasteiger partial charge >= 0.3 is 6.03 Å². The maximum absolute atomic E-state index is 11.6. The molecule has 0 unspecified atom stereocenters. The number of thiophene rings is 1. The molecule has 0 fully saturated rings. The number of rotatable bonds is 4. The molecular formula is C10H14IN3O2S. The van der Waals surface area contributed by atoms with Crippen LogP contribution in [0.25, 0.3) is 0 Å². The average molecular weight is 367 g/mol. The number of hydrogen-bond acceptors (Lipinski definition) is 3. The molecular weight excluding hydrogens is 353 g/mol. The SMILES string of the molecule is CN(C)C(=O)NCCNC(=O)c1csc(I)c1. The summed E-state index contributed by atoms with van der Waals surface area (Å²) in [5.41, 5.74) is 0.665. The van der Waals surface area contributed by atoms with Gasteiger partial charge in [-0.15, -0.1) is 11.3 Å². The lowest BCUT2D eigenvalue weighted by atomic mass is 10.3. The molecule has 94 valence electrons. The number of amides is 3. The van der Waals surface area contributed by atoms with Crippen LogP contribution in [0.1, 0.15) is 10.4 Å². The lowest BCUT2D eigenvalue weighted by molar-refractivity contribution is 0.0954. The highest BCUT2D eigenvalue weighted by Crippen LogP contribution is 2.16. The molecule has 0 saturated carbocycles. The van der Waals surface area contributed by atoms with Gasteiger partial charge in [0.15, 0.2) is 0 Å². The second kappa shape index (κ2) is 6.80. The average Bonchev–Trinajstić information content (AvgIpc) is 2.70. The largest absolute Gasteiger partial charge is 0.350 e. The molecule has 2 N–H and O–H groups in total. The van der Waals surface area contributed by atoms with Crippen LogP contribution in [0.5, 0.6) is 0 Å². The highest BCUT2D eigenvalue weighted by Gasteiger charge is 2.07. The Balaban J connectivity index is 2.23. The highest BCUT2D eigenvalue weighted by molar-refractivity contribution is 14.1. The Bertz CT molecular complexity index is 406. The summed E-state index contributed by atoms with van der Waals surface area (Å²) < 4.78 is 1.08. The van der Waals surface area contributed by atoms with Crippen LogP contribution < -0.4 is 10.6 Å². The predicted molar refractivity (Wildman–Crippen MR) is 76.5 cm³/mol. The van der Waals surface area contributed by atoms with Crippen LogP contribution in [0.15, 0.2) is 11.4 Å². The van der Waals surface area contributed by atoms with Crippen LogP contribution in [0, 0.1) is 2.88 Å². The number of nitrogens with one attached hydrogen (secondary N) is 2. The number of halogens is 1. The Morgan fingerprint density at radius 1 is 1.35 bits per heavy atom. The fourth-order valence-electron chi connectivity index (χ4n) is 1.03. The molecule has 0 radical (unpaired) electrons. The first kappa shape index (κ1) is 14.2. The summed E-state index contributed by atoms with van der Waals surface area (Å²) in [7, 11) is 3.34. The summed E-state index contributed by atoms with van der Waals surface area (Å²) in [5.74, 6) is -0.108. The van der Waals surface area contributed by atoms with Crippen molar-refractivity contribution >= 4 is 45.9 Å². The summed E-state index contributed by atoms with van der Waals surface area (Å²) in [4.78, 5) is 24.2. The van der Waals surface area contributed by atoms with Gasteiger partial charge in [-0.2, -0.15) is 0 Å². The third-order valence-electron chi connectivity index (χ3n) is 1.92. The van der Waals surface area contributed by atoms with Gasteiger partial charge in [-0.05, 0) is 28.7 Å². The third-order valence-corrected chi connectivity index (χ3v) is 3.71. The van der Waals surface area contributed by atoms with Crippen LogP contribution in [-0.4, -0.2) is 44.0 Å². The summed E-state index contributed by atoms with van der Waals surface area (Å²) in [6.07, 6.45) is 0. The first-order valence-corrected chi connectivity index (χ1v) is 6.94. The highest BCUT2D eigenvalue weighted by atomic mass is 127. The van der Waals surface area contributed by atoms with E-state index in [1.54, 1.807) is 14.1 Å². The minimum absolute atomic E-state index is 0.108. The van der Waals surface area contributed by atoms with E-state index in [0.717, 1.165) is 2.88 Å². The fraction of sp³-hybridized carbons (Fsp3) is 0.400. The number of carbonyl (C=O) groups excluding carboxylic acids is 2. The van der Waals surface area contributed by atoms with Crippen molar-refractivity contribution in [3.8, 4) is 0 Å². The molecule has 0 saturated heterocycles. The maximum atomic E-state index is 11.6. The van der Waals surface area contributed by atoms with E-state index in [2.05, 4.69) is 33.2 Å². The number of hydrogen-bond donors (Lipinski definition) is 2. The van der Waals surface area contributed by atoms with Crippen molar-refractivity contribution in [3.63, 3.8) is 0 Å². The Kier molecular flexibility index (Phi) is 5.69. The van der Waals surface area contributed by atoms with E-state index in [-0.39, 0.29) is 11.9 Å². The van der Waals surface area contributed by atoms with Gasteiger partial charge in [0.25, 0.3) is 5.91 Å². The van der Waals surface area contributed by atoms with E-state index in [1.807, 2.05) is 11.4 Å². The van der Waals surface area contributed by atoms with Gasteiger partial charge in [0.05, 0.1) is 8.45 Å². The molecule has 5 nitrogen and oxygen atoms in total. The Hall–Kier alpha value is -0.830. The molecule has 1 aromatic rings. The fourth-order valence-corrected chi connectivity index (χ4v) is 2.36. The molecule has 1 heterocycles. The van der Waals surface area contributed by atoms with Gasteiger partial charge in [-0.25, -0.2) is 4.79 Å². The zero-order chi connectivity index (χ0) is 12.8. The van der Waals surface area contributed by atoms with E-state index in [1.165, 1.54) is 16.2 Å². The lowest BCUT2D eigenvalue weighted by Gasteiger charge is -2.11. The number of urea groups is 1. The Morgan fingerprint density at radius 2 is 2.00 bits per heavy atom. The molecule has 3 amide bonds. The molecule has 0 atom stereocenters. The molecule has 1 aromatic heterocycles. The molecule has 0 aliphatic heterocycles.